The minimum Gasteiger partial charge on any atom is -0.382 e. The smallest absolute Gasteiger partial charge is 0.276 e. The number of rotatable bonds is 3. The summed E-state index contributed by atoms with van der Waals surface area (Å²) in [6.07, 6.45) is 2.82. The molecule has 1 amide bonds. The zero-order valence-corrected chi connectivity index (χ0v) is 14.6. The Bertz CT molecular complexity index is 875. The van der Waals surface area contributed by atoms with Crippen LogP contribution in [0.1, 0.15) is 16.1 Å². The maximum atomic E-state index is 12.7. The van der Waals surface area contributed by atoms with Crippen molar-refractivity contribution >= 4 is 21.7 Å². The van der Waals surface area contributed by atoms with E-state index in [-0.39, 0.29) is 48.5 Å². The third kappa shape index (κ3) is 3.47. The molecule has 0 spiro atoms. The molecule has 1 fully saturated rings. The van der Waals surface area contributed by atoms with Gasteiger partial charge in [-0.25, -0.2) is 18.4 Å². The number of aryl methyl sites for hydroxylation is 1. The van der Waals surface area contributed by atoms with Crippen LogP contribution in [0.4, 0.5) is 5.82 Å². The van der Waals surface area contributed by atoms with Gasteiger partial charge in [-0.15, -0.1) is 0 Å². The number of hydrogen-bond donors (Lipinski definition) is 1. The topological polar surface area (TPSA) is 109 Å². The Balaban J connectivity index is 1.70. The second-order valence-corrected chi connectivity index (χ2v) is 7.74. The summed E-state index contributed by atoms with van der Waals surface area (Å²) in [6.45, 7) is 2.91. The molecule has 8 nitrogen and oxygen atoms in total. The maximum absolute atomic E-state index is 12.7. The van der Waals surface area contributed by atoms with E-state index in [0.29, 0.717) is 0 Å². The number of benzene rings is 1. The van der Waals surface area contributed by atoms with Gasteiger partial charge in [0.15, 0.2) is 11.5 Å². The van der Waals surface area contributed by atoms with Crippen LogP contribution >= 0.6 is 0 Å². The molecule has 1 aromatic carbocycles. The third-order valence-corrected chi connectivity index (χ3v) is 6.03. The number of aromatic nitrogens is 2. The molecule has 0 radical (unpaired) electrons. The van der Waals surface area contributed by atoms with Gasteiger partial charge >= 0.3 is 0 Å². The average Bonchev–Trinajstić information content (AvgIpc) is 2.62. The monoisotopic (exact) mass is 361 g/mol. The summed E-state index contributed by atoms with van der Waals surface area (Å²) < 4.78 is 26.7. The van der Waals surface area contributed by atoms with Crippen molar-refractivity contribution < 1.29 is 13.2 Å². The molecule has 2 aromatic rings. The van der Waals surface area contributed by atoms with Crippen LogP contribution in [0.3, 0.4) is 0 Å². The summed E-state index contributed by atoms with van der Waals surface area (Å²) in [4.78, 5) is 22.1. The molecule has 3 rings (SSSR count). The molecule has 0 bridgehead atoms. The molecule has 132 valence electrons. The van der Waals surface area contributed by atoms with Crippen LogP contribution in [0.15, 0.2) is 41.6 Å². The lowest BCUT2D eigenvalue weighted by molar-refractivity contribution is 0.0692. The molecule has 2 heterocycles. The van der Waals surface area contributed by atoms with E-state index in [2.05, 4.69) is 9.97 Å². The van der Waals surface area contributed by atoms with E-state index in [1.807, 2.05) is 6.92 Å². The first-order valence-corrected chi connectivity index (χ1v) is 9.26. The van der Waals surface area contributed by atoms with Crippen LogP contribution in [0.2, 0.25) is 0 Å². The quantitative estimate of drug-likeness (QED) is 0.853. The standard InChI is InChI=1S/C16H19N5O3S/c1-12-2-4-13(5-3-12)25(23,24)21-10-8-20(9-11-21)16(22)14-15(17)19-7-6-18-14/h2-7H,8-11H2,1H3,(H2,17,19). The fourth-order valence-corrected chi connectivity index (χ4v) is 4.08. The van der Waals surface area contributed by atoms with Gasteiger partial charge in [-0.2, -0.15) is 4.31 Å². The number of nitrogens with zero attached hydrogens (tertiary/aromatic N) is 4. The van der Waals surface area contributed by atoms with Gasteiger partial charge in [0, 0.05) is 38.6 Å². The van der Waals surface area contributed by atoms with E-state index in [1.54, 1.807) is 29.2 Å². The lowest BCUT2D eigenvalue weighted by atomic mass is 10.2. The first kappa shape index (κ1) is 17.3. The van der Waals surface area contributed by atoms with Crippen molar-refractivity contribution in [1.29, 1.82) is 0 Å². The van der Waals surface area contributed by atoms with Crippen molar-refractivity contribution in [2.24, 2.45) is 0 Å². The van der Waals surface area contributed by atoms with E-state index in [0.717, 1.165) is 5.56 Å². The Morgan fingerprint density at radius 3 is 2.24 bits per heavy atom. The van der Waals surface area contributed by atoms with E-state index in [9.17, 15) is 13.2 Å². The van der Waals surface area contributed by atoms with Gasteiger partial charge < -0.3 is 10.6 Å². The van der Waals surface area contributed by atoms with E-state index in [1.165, 1.54) is 16.7 Å². The van der Waals surface area contributed by atoms with Crippen LogP contribution in [0, 0.1) is 6.92 Å². The molecule has 0 aliphatic carbocycles. The number of piperazine rings is 1. The Kier molecular flexibility index (Phi) is 4.69. The number of hydrogen-bond acceptors (Lipinski definition) is 6. The van der Waals surface area contributed by atoms with Gasteiger partial charge in [0.1, 0.15) is 0 Å². The fraction of sp³-hybridized carbons (Fsp3) is 0.312. The number of amides is 1. The highest BCUT2D eigenvalue weighted by Crippen LogP contribution is 2.19. The molecule has 25 heavy (non-hydrogen) atoms. The number of carbonyl (C=O) groups is 1. The first-order chi connectivity index (χ1) is 11.9. The minimum absolute atomic E-state index is 0.0715. The molecule has 1 aromatic heterocycles. The molecule has 0 unspecified atom stereocenters. The average molecular weight is 361 g/mol. The fourth-order valence-electron chi connectivity index (χ4n) is 2.65. The number of anilines is 1. The van der Waals surface area contributed by atoms with Crippen molar-refractivity contribution in [3.63, 3.8) is 0 Å². The van der Waals surface area contributed by atoms with Crippen molar-refractivity contribution in [3.8, 4) is 0 Å². The minimum atomic E-state index is -3.56. The number of nitrogens with two attached hydrogens (primary N) is 1. The lowest BCUT2D eigenvalue weighted by Crippen LogP contribution is -2.50. The highest BCUT2D eigenvalue weighted by molar-refractivity contribution is 7.89. The summed E-state index contributed by atoms with van der Waals surface area (Å²) in [7, 11) is -3.56. The zero-order chi connectivity index (χ0) is 18.0. The molecule has 2 N–H and O–H groups in total. The summed E-state index contributed by atoms with van der Waals surface area (Å²) in [5.41, 5.74) is 6.78. The van der Waals surface area contributed by atoms with Gasteiger partial charge in [-0.3, -0.25) is 4.79 Å². The van der Waals surface area contributed by atoms with Crippen LogP contribution in [0.5, 0.6) is 0 Å². The molecule has 0 saturated carbocycles. The molecule has 9 heteroatoms. The van der Waals surface area contributed by atoms with Crippen molar-refractivity contribution in [2.45, 2.75) is 11.8 Å². The second kappa shape index (κ2) is 6.77. The highest BCUT2D eigenvalue weighted by atomic mass is 32.2. The van der Waals surface area contributed by atoms with Crippen LogP contribution in [-0.4, -0.2) is 59.7 Å². The molecule has 0 atom stereocenters. The van der Waals surface area contributed by atoms with Gasteiger partial charge in [0.05, 0.1) is 4.90 Å². The molecule has 1 aliphatic heterocycles. The van der Waals surface area contributed by atoms with Gasteiger partial charge in [0.2, 0.25) is 10.0 Å². The van der Waals surface area contributed by atoms with Gasteiger partial charge in [-0.05, 0) is 19.1 Å². The molecule has 1 aliphatic rings. The predicted octanol–water partition coefficient (Wildman–Crippen LogP) is 0.514. The van der Waals surface area contributed by atoms with Gasteiger partial charge in [-0.1, -0.05) is 17.7 Å². The van der Waals surface area contributed by atoms with Gasteiger partial charge in [0.25, 0.3) is 5.91 Å². The predicted molar refractivity (Wildman–Crippen MR) is 92.3 cm³/mol. The molecular weight excluding hydrogens is 342 g/mol. The Hall–Kier alpha value is -2.52. The summed E-state index contributed by atoms with van der Waals surface area (Å²) in [6, 6.07) is 6.73. The Labute approximate surface area is 146 Å². The van der Waals surface area contributed by atoms with E-state index >= 15 is 0 Å². The summed E-state index contributed by atoms with van der Waals surface area (Å²) >= 11 is 0. The number of sulfonamides is 1. The summed E-state index contributed by atoms with van der Waals surface area (Å²) in [5.74, 6) is -0.264. The molecule has 1 saturated heterocycles. The number of nitrogen functional groups attached to an aromatic ring is 1. The van der Waals surface area contributed by atoms with E-state index in [4.69, 9.17) is 5.73 Å². The first-order valence-electron chi connectivity index (χ1n) is 7.82. The Morgan fingerprint density at radius 2 is 1.64 bits per heavy atom. The number of carbonyl (C=O) groups excluding carboxylic acids is 1. The maximum Gasteiger partial charge on any atom is 0.276 e. The normalized spacial score (nSPS) is 16.0. The lowest BCUT2D eigenvalue weighted by Gasteiger charge is -2.33. The summed E-state index contributed by atoms with van der Waals surface area (Å²) in [5, 5.41) is 0. The van der Waals surface area contributed by atoms with Crippen molar-refractivity contribution in [3.05, 3.63) is 47.9 Å². The SMILES string of the molecule is Cc1ccc(S(=O)(=O)N2CCN(C(=O)c3nccnc3N)CC2)cc1. The van der Waals surface area contributed by atoms with Crippen molar-refractivity contribution in [2.75, 3.05) is 31.9 Å². The molecular formula is C16H19N5O3S. The van der Waals surface area contributed by atoms with Crippen LogP contribution in [-0.2, 0) is 10.0 Å². The highest BCUT2D eigenvalue weighted by Gasteiger charge is 2.31. The van der Waals surface area contributed by atoms with Crippen molar-refractivity contribution in [1.82, 2.24) is 19.2 Å². The zero-order valence-electron chi connectivity index (χ0n) is 13.8. The van der Waals surface area contributed by atoms with E-state index < -0.39 is 10.0 Å². The largest absolute Gasteiger partial charge is 0.382 e. The second-order valence-electron chi connectivity index (χ2n) is 5.80. The van der Waals surface area contributed by atoms with Crippen LogP contribution in [0.25, 0.3) is 0 Å². The van der Waals surface area contributed by atoms with Crippen LogP contribution < -0.4 is 5.73 Å². The third-order valence-electron chi connectivity index (χ3n) is 4.11. The Morgan fingerprint density at radius 1 is 1.04 bits per heavy atom.